The second kappa shape index (κ2) is 7.34. The Morgan fingerprint density at radius 1 is 1.09 bits per heavy atom. The summed E-state index contributed by atoms with van der Waals surface area (Å²) < 4.78 is 10.5. The SMILES string of the molecule is COc1cccc(/C=C/C(=O)c2ccc(Cl)cc2Cl)c1OC. The van der Waals surface area contributed by atoms with Gasteiger partial charge in [0.05, 0.1) is 19.2 Å². The van der Waals surface area contributed by atoms with E-state index in [1.165, 1.54) is 12.1 Å². The monoisotopic (exact) mass is 336 g/mol. The molecule has 0 fully saturated rings. The highest BCUT2D eigenvalue weighted by Gasteiger charge is 2.10. The number of rotatable bonds is 5. The second-order valence-electron chi connectivity index (χ2n) is 4.40. The van der Waals surface area contributed by atoms with E-state index in [1.807, 2.05) is 12.1 Å². The molecule has 0 aliphatic heterocycles. The number of allylic oxidation sites excluding steroid dienone is 1. The summed E-state index contributed by atoms with van der Waals surface area (Å²) in [5.41, 5.74) is 1.13. The number of carbonyl (C=O) groups excluding carboxylic acids is 1. The molecule has 22 heavy (non-hydrogen) atoms. The summed E-state index contributed by atoms with van der Waals surface area (Å²) >= 11 is 11.9. The van der Waals surface area contributed by atoms with Crippen molar-refractivity contribution in [2.24, 2.45) is 0 Å². The van der Waals surface area contributed by atoms with E-state index in [9.17, 15) is 4.79 Å². The highest BCUT2D eigenvalue weighted by molar-refractivity contribution is 6.37. The Labute approximate surface area is 139 Å². The van der Waals surface area contributed by atoms with Gasteiger partial charge in [-0.3, -0.25) is 4.79 Å². The van der Waals surface area contributed by atoms with Crippen LogP contribution in [-0.2, 0) is 0 Å². The minimum atomic E-state index is -0.216. The van der Waals surface area contributed by atoms with Crippen LogP contribution in [0.1, 0.15) is 15.9 Å². The lowest BCUT2D eigenvalue weighted by atomic mass is 10.1. The van der Waals surface area contributed by atoms with Crippen LogP contribution in [0.5, 0.6) is 11.5 Å². The van der Waals surface area contributed by atoms with Crippen molar-refractivity contribution in [3.63, 3.8) is 0 Å². The minimum absolute atomic E-state index is 0.216. The molecule has 0 unspecified atom stereocenters. The van der Waals surface area contributed by atoms with Crippen molar-refractivity contribution in [3.8, 4) is 11.5 Å². The standard InChI is InChI=1S/C17H14Cl2O3/c1-21-16-5-3-4-11(17(16)22-2)6-9-15(20)13-8-7-12(18)10-14(13)19/h3-10H,1-2H3/b9-6+. The van der Waals surface area contributed by atoms with Crippen molar-refractivity contribution in [2.45, 2.75) is 0 Å². The first kappa shape index (κ1) is 16.4. The fraction of sp³-hybridized carbons (Fsp3) is 0.118. The van der Waals surface area contributed by atoms with E-state index in [4.69, 9.17) is 32.7 Å². The van der Waals surface area contributed by atoms with Gasteiger partial charge in [-0.05, 0) is 36.4 Å². The average molecular weight is 337 g/mol. The number of hydrogen-bond acceptors (Lipinski definition) is 3. The number of ether oxygens (including phenoxy) is 2. The van der Waals surface area contributed by atoms with Gasteiger partial charge in [0, 0.05) is 16.1 Å². The van der Waals surface area contributed by atoms with Crippen molar-refractivity contribution in [2.75, 3.05) is 14.2 Å². The molecule has 2 aromatic rings. The Hall–Kier alpha value is -1.97. The van der Waals surface area contributed by atoms with Crippen molar-refractivity contribution < 1.29 is 14.3 Å². The number of halogens is 2. The number of para-hydroxylation sites is 1. The van der Waals surface area contributed by atoms with Crippen LogP contribution in [0.2, 0.25) is 10.0 Å². The van der Waals surface area contributed by atoms with Gasteiger partial charge in [0.2, 0.25) is 0 Å². The molecule has 0 radical (unpaired) electrons. The summed E-state index contributed by atoms with van der Waals surface area (Å²) in [5.74, 6) is 0.949. The molecule has 0 heterocycles. The molecule has 2 aromatic carbocycles. The fourth-order valence-electron chi connectivity index (χ4n) is 1.99. The summed E-state index contributed by atoms with van der Waals surface area (Å²) in [7, 11) is 3.11. The Balaban J connectivity index is 2.30. The maximum absolute atomic E-state index is 12.2. The lowest BCUT2D eigenvalue weighted by molar-refractivity contribution is 0.104. The normalized spacial score (nSPS) is 10.7. The van der Waals surface area contributed by atoms with Crippen LogP contribution >= 0.6 is 23.2 Å². The van der Waals surface area contributed by atoms with Crippen molar-refractivity contribution in [3.05, 3.63) is 63.6 Å². The Bertz CT molecular complexity index is 724. The van der Waals surface area contributed by atoms with Crippen LogP contribution in [0.3, 0.4) is 0 Å². The summed E-state index contributed by atoms with van der Waals surface area (Å²) in [6.07, 6.45) is 3.10. The zero-order valence-electron chi connectivity index (χ0n) is 12.1. The minimum Gasteiger partial charge on any atom is -0.493 e. The smallest absolute Gasteiger partial charge is 0.187 e. The van der Waals surface area contributed by atoms with Gasteiger partial charge < -0.3 is 9.47 Å². The molecule has 0 aliphatic carbocycles. The molecule has 114 valence electrons. The van der Waals surface area contributed by atoms with Gasteiger partial charge in [0.25, 0.3) is 0 Å². The lowest BCUT2D eigenvalue weighted by Crippen LogP contribution is -1.96. The van der Waals surface area contributed by atoms with Gasteiger partial charge in [-0.1, -0.05) is 35.3 Å². The molecule has 0 aromatic heterocycles. The van der Waals surface area contributed by atoms with Crippen LogP contribution in [0.15, 0.2) is 42.5 Å². The molecule has 0 N–H and O–H groups in total. The molecule has 0 amide bonds. The zero-order chi connectivity index (χ0) is 16.1. The van der Waals surface area contributed by atoms with Gasteiger partial charge >= 0.3 is 0 Å². The van der Waals surface area contributed by atoms with Crippen molar-refractivity contribution in [1.82, 2.24) is 0 Å². The van der Waals surface area contributed by atoms with Gasteiger partial charge in [-0.25, -0.2) is 0 Å². The zero-order valence-corrected chi connectivity index (χ0v) is 13.6. The molecule has 0 spiro atoms. The second-order valence-corrected chi connectivity index (χ2v) is 5.25. The summed E-state index contributed by atoms with van der Waals surface area (Å²) in [6.45, 7) is 0. The summed E-state index contributed by atoms with van der Waals surface area (Å²) in [5, 5.41) is 0.805. The molecule has 0 aliphatic rings. The Kier molecular flexibility index (Phi) is 5.47. The number of benzene rings is 2. The molecular weight excluding hydrogens is 323 g/mol. The first-order valence-electron chi connectivity index (χ1n) is 6.45. The van der Waals surface area contributed by atoms with E-state index in [2.05, 4.69) is 0 Å². The van der Waals surface area contributed by atoms with Gasteiger partial charge in [-0.15, -0.1) is 0 Å². The topological polar surface area (TPSA) is 35.5 Å². The third kappa shape index (κ3) is 3.62. The van der Waals surface area contributed by atoms with E-state index in [-0.39, 0.29) is 5.78 Å². The Morgan fingerprint density at radius 3 is 2.50 bits per heavy atom. The quantitative estimate of drug-likeness (QED) is 0.575. The molecule has 0 atom stereocenters. The van der Waals surface area contributed by atoms with Gasteiger partial charge in [0.15, 0.2) is 17.3 Å². The Morgan fingerprint density at radius 2 is 1.86 bits per heavy atom. The molecule has 2 rings (SSSR count). The van der Waals surface area contributed by atoms with E-state index in [0.717, 1.165) is 5.56 Å². The lowest BCUT2D eigenvalue weighted by Gasteiger charge is -2.09. The third-order valence-corrected chi connectivity index (χ3v) is 3.59. The highest BCUT2D eigenvalue weighted by atomic mass is 35.5. The molecular formula is C17H14Cl2O3. The number of ketones is 1. The maximum atomic E-state index is 12.2. The fourth-order valence-corrected chi connectivity index (χ4v) is 2.49. The van der Waals surface area contributed by atoms with E-state index >= 15 is 0 Å². The molecule has 0 saturated carbocycles. The number of carbonyl (C=O) groups is 1. The number of hydrogen-bond donors (Lipinski definition) is 0. The van der Waals surface area contributed by atoms with Crippen LogP contribution in [-0.4, -0.2) is 20.0 Å². The summed E-state index contributed by atoms with van der Waals surface area (Å²) in [4.78, 5) is 12.2. The number of methoxy groups -OCH3 is 2. The predicted molar refractivity (Wildman–Crippen MR) is 89.4 cm³/mol. The van der Waals surface area contributed by atoms with Crippen LogP contribution < -0.4 is 9.47 Å². The average Bonchev–Trinajstić information content (AvgIpc) is 2.51. The predicted octanol–water partition coefficient (Wildman–Crippen LogP) is 4.91. The first-order chi connectivity index (χ1) is 10.6. The molecule has 0 saturated heterocycles. The van der Waals surface area contributed by atoms with Gasteiger partial charge in [-0.2, -0.15) is 0 Å². The van der Waals surface area contributed by atoms with E-state index < -0.39 is 0 Å². The molecule has 3 nitrogen and oxygen atoms in total. The van der Waals surface area contributed by atoms with E-state index in [1.54, 1.807) is 38.5 Å². The van der Waals surface area contributed by atoms with Crippen molar-refractivity contribution in [1.29, 1.82) is 0 Å². The first-order valence-corrected chi connectivity index (χ1v) is 7.21. The molecule has 0 bridgehead atoms. The summed E-state index contributed by atoms with van der Waals surface area (Å²) in [6, 6.07) is 10.2. The largest absolute Gasteiger partial charge is 0.493 e. The third-order valence-electron chi connectivity index (χ3n) is 3.04. The van der Waals surface area contributed by atoms with Crippen LogP contribution in [0.25, 0.3) is 6.08 Å². The van der Waals surface area contributed by atoms with Gasteiger partial charge in [0.1, 0.15) is 0 Å². The maximum Gasteiger partial charge on any atom is 0.187 e. The highest BCUT2D eigenvalue weighted by Crippen LogP contribution is 2.31. The van der Waals surface area contributed by atoms with Crippen LogP contribution in [0.4, 0.5) is 0 Å². The molecule has 5 heteroatoms. The van der Waals surface area contributed by atoms with Crippen LogP contribution in [0, 0.1) is 0 Å². The van der Waals surface area contributed by atoms with Crippen molar-refractivity contribution >= 4 is 35.1 Å². The van der Waals surface area contributed by atoms with E-state index in [0.29, 0.717) is 27.1 Å².